The number of hydrogen-bond donors (Lipinski definition) is 1. The highest BCUT2D eigenvalue weighted by Gasteiger charge is 2.52. The Hall–Kier alpha value is -3.78. The molecule has 3 aromatic rings. The Balaban J connectivity index is 1.93. The smallest absolute Gasteiger partial charge is 0.308 e. The van der Waals surface area contributed by atoms with Gasteiger partial charge in [-0.15, -0.1) is 5.10 Å². The number of halogens is 1. The summed E-state index contributed by atoms with van der Waals surface area (Å²) in [5.41, 5.74) is 1.30. The van der Waals surface area contributed by atoms with Gasteiger partial charge in [0.1, 0.15) is 22.6 Å². The summed E-state index contributed by atoms with van der Waals surface area (Å²) in [5.74, 6) is -0.549. The molecule has 1 N–H and O–H groups in total. The number of carbonyl (C=O) groups is 3. The minimum Gasteiger partial charge on any atom is -0.427 e. The number of fused-ring (bicyclic) bond motifs is 1. The summed E-state index contributed by atoms with van der Waals surface area (Å²) in [6.45, 7) is 4.37. The van der Waals surface area contributed by atoms with Crippen molar-refractivity contribution < 1.29 is 23.9 Å². The maximum absolute atomic E-state index is 13.6. The van der Waals surface area contributed by atoms with Crippen LogP contribution in [0.2, 0.25) is 5.15 Å². The molecular formula is C23H18ClN3O5. The molecule has 0 aliphatic carbocycles. The highest BCUT2D eigenvalue weighted by Crippen LogP contribution is 2.48. The fraction of sp³-hybridized carbons (Fsp3) is 0.174. The fourth-order valence-corrected chi connectivity index (χ4v) is 3.94. The van der Waals surface area contributed by atoms with Crippen LogP contribution in [0.3, 0.4) is 0 Å². The number of rotatable bonds is 4. The molecule has 1 aliphatic heterocycles. The summed E-state index contributed by atoms with van der Waals surface area (Å²) in [4.78, 5) is 36.1. The Bertz CT molecular complexity index is 1180. The maximum atomic E-state index is 13.6. The lowest BCUT2D eigenvalue weighted by Gasteiger charge is -2.28. The molecule has 0 bridgehead atoms. The van der Waals surface area contributed by atoms with E-state index in [-0.39, 0.29) is 11.1 Å². The maximum Gasteiger partial charge on any atom is 0.308 e. The molecule has 0 atom stereocenters. The first-order valence-corrected chi connectivity index (χ1v) is 10.0. The largest absolute Gasteiger partial charge is 0.427 e. The first kappa shape index (κ1) is 21.5. The van der Waals surface area contributed by atoms with Crippen LogP contribution < -0.4 is 14.8 Å². The van der Waals surface area contributed by atoms with Gasteiger partial charge in [0.05, 0.1) is 5.69 Å². The van der Waals surface area contributed by atoms with E-state index in [1.165, 1.54) is 13.8 Å². The predicted molar refractivity (Wildman–Crippen MR) is 116 cm³/mol. The van der Waals surface area contributed by atoms with Gasteiger partial charge in [-0.2, -0.15) is 5.10 Å². The second kappa shape index (κ2) is 8.05. The van der Waals surface area contributed by atoms with Crippen LogP contribution in [0.1, 0.15) is 36.2 Å². The molecule has 0 saturated carbocycles. The molecule has 4 rings (SSSR count). The minimum absolute atomic E-state index is 0.190. The average molecular weight is 452 g/mol. The van der Waals surface area contributed by atoms with Gasteiger partial charge in [-0.1, -0.05) is 35.9 Å². The molecule has 9 heteroatoms. The molecule has 32 heavy (non-hydrogen) atoms. The quantitative estimate of drug-likeness (QED) is 0.477. The molecular weight excluding hydrogens is 434 g/mol. The van der Waals surface area contributed by atoms with Crippen molar-refractivity contribution in [3.05, 3.63) is 76.1 Å². The van der Waals surface area contributed by atoms with Crippen molar-refractivity contribution in [1.29, 1.82) is 0 Å². The van der Waals surface area contributed by atoms with E-state index in [0.717, 1.165) is 0 Å². The van der Waals surface area contributed by atoms with Crippen LogP contribution in [-0.4, -0.2) is 28.0 Å². The number of anilines is 1. The second-order valence-corrected chi connectivity index (χ2v) is 7.64. The van der Waals surface area contributed by atoms with Gasteiger partial charge in [0.25, 0.3) is 0 Å². The van der Waals surface area contributed by atoms with E-state index in [1.807, 2.05) is 0 Å². The number of ether oxygens (including phenoxy) is 2. The van der Waals surface area contributed by atoms with Crippen molar-refractivity contribution in [3.63, 3.8) is 0 Å². The number of carbonyl (C=O) groups excluding carboxylic acids is 3. The molecule has 1 amide bonds. The lowest BCUT2D eigenvalue weighted by Crippen LogP contribution is -2.37. The van der Waals surface area contributed by atoms with Gasteiger partial charge in [-0.25, -0.2) is 0 Å². The fourth-order valence-electron chi connectivity index (χ4n) is 3.81. The summed E-state index contributed by atoms with van der Waals surface area (Å²) in [7, 11) is 0. The Kier molecular flexibility index (Phi) is 5.40. The molecule has 1 aromatic heterocycles. The zero-order valence-corrected chi connectivity index (χ0v) is 18.2. The van der Waals surface area contributed by atoms with Gasteiger partial charge in [0.2, 0.25) is 5.91 Å². The van der Waals surface area contributed by atoms with Crippen molar-refractivity contribution in [1.82, 2.24) is 10.2 Å². The van der Waals surface area contributed by atoms with Crippen molar-refractivity contribution in [2.24, 2.45) is 0 Å². The average Bonchev–Trinajstić information content (AvgIpc) is 3.04. The third-order valence-electron chi connectivity index (χ3n) is 5.19. The highest BCUT2D eigenvalue weighted by molar-refractivity contribution is 6.30. The van der Waals surface area contributed by atoms with Crippen LogP contribution in [0.4, 0.5) is 5.69 Å². The molecule has 162 valence electrons. The van der Waals surface area contributed by atoms with Crippen LogP contribution in [0, 0.1) is 6.92 Å². The first-order valence-electron chi connectivity index (χ1n) is 9.66. The first-order chi connectivity index (χ1) is 15.2. The standard InChI is InChI=1S/C23H18ClN3O5/c1-12-19-20(26-27-21(12)24)23(22(30)25-19,15-4-8-17(9-5-15)31-13(2)28)16-6-10-18(11-7-16)32-14(3)29/h4-11H,1-3H3,(H,25,30). The number of amides is 1. The van der Waals surface area contributed by atoms with E-state index in [2.05, 4.69) is 15.5 Å². The molecule has 1 aliphatic rings. The van der Waals surface area contributed by atoms with E-state index in [0.29, 0.717) is 39.6 Å². The zero-order chi connectivity index (χ0) is 23.0. The summed E-state index contributed by atoms with van der Waals surface area (Å²) < 4.78 is 10.2. The molecule has 8 nitrogen and oxygen atoms in total. The number of hydrogen-bond acceptors (Lipinski definition) is 7. The topological polar surface area (TPSA) is 107 Å². The van der Waals surface area contributed by atoms with E-state index >= 15 is 0 Å². The van der Waals surface area contributed by atoms with Crippen molar-refractivity contribution in [3.8, 4) is 11.5 Å². The van der Waals surface area contributed by atoms with Gasteiger partial charge >= 0.3 is 11.9 Å². The zero-order valence-electron chi connectivity index (χ0n) is 17.4. The SMILES string of the molecule is CC(=O)Oc1ccc(C2(c3ccc(OC(C)=O)cc3)C(=O)Nc3c2nnc(Cl)c3C)cc1. The normalized spacial score (nSPS) is 13.8. The molecule has 0 fully saturated rings. The monoisotopic (exact) mass is 451 g/mol. The number of nitrogens with zero attached hydrogens (tertiary/aromatic N) is 2. The van der Waals surface area contributed by atoms with Gasteiger partial charge in [0, 0.05) is 19.4 Å². The molecule has 0 spiro atoms. The molecule has 0 saturated heterocycles. The van der Waals surface area contributed by atoms with Gasteiger partial charge in [-0.05, 0) is 42.3 Å². The van der Waals surface area contributed by atoms with Crippen molar-refractivity contribution in [2.45, 2.75) is 26.2 Å². The van der Waals surface area contributed by atoms with Crippen molar-refractivity contribution >= 4 is 35.1 Å². The van der Waals surface area contributed by atoms with Gasteiger partial charge in [-0.3, -0.25) is 14.4 Å². The van der Waals surface area contributed by atoms with E-state index in [4.69, 9.17) is 21.1 Å². The van der Waals surface area contributed by atoms with Crippen LogP contribution in [0.25, 0.3) is 0 Å². The molecule has 2 heterocycles. The predicted octanol–water partition coefficient (Wildman–Crippen LogP) is 3.58. The van der Waals surface area contributed by atoms with Crippen LogP contribution >= 0.6 is 11.6 Å². The Morgan fingerprint density at radius 3 is 1.78 bits per heavy atom. The number of esters is 2. The summed E-state index contributed by atoms with van der Waals surface area (Å²) >= 11 is 6.14. The minimum atomic E-state index is -1.35. The third-order valence-corrected chi connectivity index (χ3v) is 5.55. The summed E-state index contributed by atoms with van der Waals surface area (Å²) in [5, 5.41) is 11.4. The van der Waals surface area contributed by atoms with Crippen molar-refractivity contribution in [2.75, 3.05) is 5.32 Å². The summed E-state index contributed by atoms with van der Waals surface area (Å²) in [6, 6.07) is 13.2. The summed E-state index contributed by atoms with van der Waals surface area (Å²) in [6.07, 6.45) is 0. The Morgan fingerprint density at radius 1 is 0.875 bits per heavy atom. The van der Waals surface area contributed by atoms with E-state index in [1.54, 1.807) is 55.5 Å². The Labute approximate surface area is 188 Å². The van der Waals surface area contributed by atoms with E-state index < -0.39 is 17.4 Å². The van der Waals surface area contributed by atoms with Crippen LogP contribution in [0.15, 0.2) is 48.5 Å². The number of nitrogens with one attached hydrogen (secondary N) is 1. The molecule has 0 unspecified atom stereocenters. The molecule has 0 radical (unpaired) electrons. The Morgan fingerprint density at radius 2 is 1.34 bits per heavy atom. The van der Waals surface area contributed by atoms with Gasteiger partial charge < -0.3 is 14.8 Å². The highest BCUT2D eigenvalue weighted by atomic mass is 35.5. The van der Waals surface area contributed by atoms with E-state index in [9.17, 15) is 14.4 Å². The third kappa shape index (κ3) is 3.48. The lowest BCUT2D eigenvalue weighted by atomic mass is 9.72. The molecule has 2 aromatic carbocycles. The second-order valence-electron chi connectivity index (χ2n) is 7.28. The van der Waals surface area contributed by atoms with Gasteiger partial charge in [0.15, 0.2) is 5.15 Å². The van der Waals surface area contributed by atoms with Crippen LogP contribution in [-0.2, 0) is 19.8 Å². The number of benzene rings is 2. The lowest BCUT2D eigenvalue weighted by molar-refractivity contribution is -0.132. The van der Waals surface area contributed by atoms with Crippen LogP contribution in [0.5, 0.6) is 11.5 Å². The number of aromatic nitrogens is 2.